The summed E-state index contributed by atoms with van der Waals surface area (Å²) in [6, 6.07) is 12.7. The minimum Gasteiger partial charge on any atom is -0.383 e. The first kappa shape index (κ1) is 21.3. The first-order valence-electron chi connectivity index (χ1n) is 10.3. The van der Waals surface area contributed by atoms with Gasteiger partial charge in [-0.05, 0) is 36.6 Å². The highest BCUT2D eigenvalue weighted by Crippen LogP contribution is 2.37. The van der Waals surface area contributed by atoms with Gasteiger partial charge in [0.1, 0.15) is 0 Å². The number of ether oxygens (including phenoxy) is 1. The van der Waals surface area contributed by atoms with Crippen molar-refractivity contribution in [3.8, 4) is 11.1 Å². The molecule has 2 aromatic rings. The molecule has 8 heteroatoms. The number of hydrogen-bond acceptors (Lipinski definition) is 4. The Hall–Kier alpha value is -2.90. The molecule has 0 aromatic heterocycles. The first-order chi connectivity index (χ1) is 15.0. The highest BCUT2D eigenvalue weighted by molar-refractivity contribution is 6.36. The van der Waals surface area contributed by atoms with Crippen LogP contribution in [0.1, 0.15) is 25.7 Å². The Labute approximate surface area is 185 Å². The number of urea groups is 1. The van der Waals surface area contributed by atoms with Crippen LogP contribution in [0.3, 0.4) is 0 Å². The summed E-state index contributed by atoms with van der Waals surface area (Å²) in [5.41, 5.74) is 3.03. The molecule has 31 heavy (non-hydrogen) atoms. The Morgan fingerprint density at radius 2 is 1.87 bits per heavy atom. The third-order valence-electron chi connectivity index (χ3n) is 5.70. The second-order valence-electron chi connectivity index (χ2n) is 7.71. The van der Waals surface area contributed by atoms with Crippen molar-refractivity contribution in [2.75, 3.05) is 30.1 Å². The molecule has 162 valence electrons. The van der Waals surface area contributed by atoms with E-state index in [2.05, 4.69) is 5.32 Å². The Balaban J connectivity index is 1.62. The Bertz CT molecular complexity index is 1010. The van der Waals surface area contributed by atoms with Crippen molar-refractivity contribution in [3.63, 3.8) is 0 Å². The number of amides is 4. The Kier molecular flexibility index (Phi) is 6.25. The molecule has 0 bridgehead atoms. The van der Waals surface area contributed by atoms with E-state index in [0.717, 1.165) is 29.7 Å². The van der Waals surface area contributed by atoms with Crippen molar-refractivity contribution < 1.29 is 19.1 Å². The largest absolute Gasteiger partial charge is 0.383 e. The topological polar surface area (TPSA) is 79.0 Å². The number of carbonyl (C=O) groups excluding carboxylic acids is 3. The van der Waals surface area contributed by atoms with Crippen LogP contribution in [0.2, 0.25) is 5.02 Å². The smallest absolute Gasteiger partial charge is 0.328 e. The van der Waals surface area contributed by atoms with Gasteiger partial charge in [-0.1, -0.05) is 35.9 Å². The minimum absolute atomic E-state index is 0.0318. The van der Waals surface area contributed by atoms with E-state index in [9.17, 15) is 14.4 Å². The van der Waals surface area contributed by atoms with Crippen LogP contribution >= 0.6 is 11.6 Å². The summed E-state index contributed by atoms with van der Waals surface area (Å²) >= 11 is 6.67. The summed E-state index contributed by atoms with van der Waals surface area (Å²) in [6.07, 6.45) is 2.55. The van der Waals surface area contributed by atoms with Gasteiger partial charge in [0, 0.05) is 37.7 Å². The Morgan fingerprint density at radius 1 is 1.10 bits per heavy atom. The SMILES string of the molecule is COCC1CCCC(=O)N1c1ccc(-c2cccc(N3CCC(=O)NC3=O)c2Cl)cc1. The maximum absolute atomic E-state index is 12.5. The molecule has 1 unspecified atom stereocenters. The molecular formula is C23H24ClN3O4. The zero-order valence-electron chi connectivity index (χ0n) is 17.3. The van der Waals surface area contributed by atoms with Gasteiger partial charge in [0.2, 0.25) is 11.8 Å². The van der Waals surface area contributed by atoms with Crippen LogP contribution in [0.25, 0.3) is 11.1 Å². The zero-order valence-corrected chi connectivity index (χ0v) is 18.0. The van der Waals surface area contributed by atoms with Crippen LogP contribution in [0.15, 0.2) is 42.5 Å². The van der Waals surface area contributed by atoms with Crippen molar-refractivity contribution in [3.05, 3.63) is 47.5 Å². The lowest BCUT2D eigenvalue weighted by molar-refractivity contribution is -0.121. The molecule has 0 aliphatic carbocycles. The van der Waals surface area contributed by atoms with Gasteiger partial charge in [-0.15, -0.1) is 0 Å². The standard InChI is InChI=1S/C23H24ClN3O4/c1-31-14-17-4-2-7-21(29)27(17)16-10-8-15(9-11-16)18-5-3-6-19(22(18)24)26-13-12-20(28)25-23(26)30/h3,5-6,8-11,17H,2,4,7,12-14H2,1H3,(H,25,28,30). The monoisotopic (exact) mass is 441 g/mol. The molecular weight excluding hydrogens is 418 g/mol. The zero-order chi connectivity index (χ0) is 22.0. The second-order valence-corrected chi connectivity index (χ2v) is 8.08. The fraction of sp³-hybridized carbons (Fsp3) is 0.348. The minimum atomic E-state index is -0.474. The molecule has 0 radical (unpaired) electrons. The molecule has 4 amide bonds. The summed E-state index contributed by atoms with van der Waals surface area (Å²) < 4.78 is 5.31. The van der Waals surface area contributed by atoms with Crippen molar-refractivity contribution >= 4 is 40.8 Å². The highest BCUT2D eigenvalue weighted by Gasteiger charge is 2.29. The highest BCUT2D eigenvalue weighted by atomic mass is 35.5. The molecule has 1 N–H and O–H groups in total. The first-order valence-corrected chi connectivity index (χ1v) is 10.7. The van der Waals surface area contributed by atoms with Crippen molar-refractivity contribution in [2.24, 2.45) is 0 Å². The number of nitrogens with one attached hydrogen (secondary N) is 1. The summed E-state index contributed by atoms with van der Waals surface area (Å²) in [4.78, 5) is 39.5. The van der Waals surface area contributed by atoms with E-state index >= 15 is 0 Å². The van der Waals surface area contributed by atoms with E-state index in [1.165, 1.54) is 4.90 Å². The predicted molar refractivity (Wildman–Crippen MR) is 119 cm³/mol. The van der Waals surface area contributed by atoms with Gasteiger partial charge in [-0.2, -0.15) is 0 Å². The van der Waals surface area contributed by atoms with Crippen LogP contribution in [0.5, 0.6) is 0 Å². The number of carbonyl (C=O) groups is 3. The van der Waals surface area contributed by atoms with Crippen LogP contribution < -0.4 is 15.1 Å². The van der Waals surface area contributed by atoms with Crippen molar-refractivity contribution in [2.45, 2.75) is 31.7 Å². The molecule has 2 heterocycles. The van der Waals surface area contributed by atoms with E-state index in [0.29, 0.717) is 23.7 Å². The third kappa shape index (κ3) is 4.29. The average Bonchev–Trinajstić information content (AvgIpc) is 2.75. The van der Waals surface area contributed by atoms with Gasteiger partial charge < -0.3 is 9.64 Å². The molecule has 0 saturated carbocycles. The second kappa shape index (κ2) is 9.08. The van der Waals surface area contributed by atoms with E-state index in [1.807, 2.05) is 41.3 Å². The number of methoxy groups -OCH3 is 1. The van der Waals surface area contributed by atoms with E-state index in [-0.39, 0.29) is 30.8 Å². The lowest BCUT2D eigenvalue weighted by Gasteiger charge is -2.35. The van der Waals surface area contributed by atoms with E-state index in [4.69, 9.17) is 16.3 Å². The molecule has 7 nitrogen and oxygen atoms in total. The van der Waals surface area contributed by atoms with E-state index < -0.39 is 6.03 Å². The molecule has 0 spiro atoms. The molecule has 1 atom stereocenters. The van der Waals surface area contributed by atoms with Crippen LogP contribution in [-0.4, -0.2) is 44.1 Å². The van der Waals surface area contributed by atoms with Crippen molar-refractivity contribution in [1.29, 1.82) is 0 Å². The van der Waals surface area contributed by atoms with Crippen LogP contribution in [-0.2, 0) is 14.3 Å². The van der Waals surface area contributed by atoms with Gasteiger partial charge in [-0.25, -0.2) is 4.79 Å². The van der Waals surface area contributed by atoms with Gasteiger partial charge in [0.15, 0.2) is 0 Å². The predicted octanol–water partition coefficient (Wildman–Crippen LogP) is 3.99. The van der Waals surface area contributed by atoms with Gasteiger partial charge in [-0.3, -0.25) is 19.8 Å². The number of nitrogens with zero attached hydrogens (tertiary/aromatic N) is 2. The van der Waals surface area contributed by atoms with Crippen LogP contribution in [0.4, 0.5) is 16.2 Å². The number of imide groups is 1. The van der Waals surface area contributed by atoms with Crippen LogP contribution in [0, 0.1) is 0 Å². The number of halogens is 1. The quantitative estimate of drug-likeness (QED) is 0.761. The maximum atomic E-state index is 12.5. The maximum Gasteiger partial charge on any atom is 0.328 e. The number of piperidine rings is 1. The summed E-state index contributed by atoms with van der Waals surface area (Å²) in [7, 11) is 1.65. The third-order valence-corrected chi connectivity index (χ3v) is 6.10. The van der Waals surface area contributed by atoms with Gasteiger partial charge >= 0.3 is 6.03 Å². The fourth-order valence-corrected chi connectivity index (χ4v) is 4.53. The lowest BCUT2D eigenvalue weighted by Crippen LogP contribution is -2.49. The van der Waals surface area contributed by atoms with E-state index in [1.54, 1.807) is 13.2 Å². The Morgan fingerprint density at radius 3 is 2.58 bits per heavy atom. The summed E-state index contributed by atoms with van der Waals surface area (Å²) in [5, 5.41) is 2.75. The fourth-order valence-electron chi connectivity index (χ4n) is 4.19. The summed E-state index contributed by atoms with van der Waals surface area (Å²) in [5.74, 6) is -0.185. The number of rotatable bonds is 5. The molecule has 2 saturated heterocycles. The van der Waals surface area contributed by atoms with Crippen molar-refractivity contribution in [1.82, 2.24) is 5.32 Å². The average molecular weight is 442 g/mol. The van der Waals surface area contributed by atoms with Gasteiger partial charge in [0.05, 0.1) is 23.4 Å². The molecule has 2 aliphatic rings. The normalized spacial score (nSPS) is 19.5. The lowest BCUT2D eigenvalue weighted by atomic mass is 9.99. The number of benzene rings is 2. The summed E-state index contributed by atoms with van der Waals surface area (Å²) in [6.45, 7) is 0.784. The molecule has 2 aromatic carbocycles. The molecule has 2 aliphatic heterocycles. The number of anilines is 2. The van der Waals surface area contributed by atoms with Gasteiger partial charge in [0.25, 0.3) is 0 Å². The molecule has 2 fully saturated rings. The molecule has 4 rings (SSSR count). The number of hydrogen-bond donors (Lipinski definition) is 1.